The maximum absolute atomic E-state index is 12.1. The number of nitrogens with two attached hydrogens (primary N) is 1. The van der Waals surface area contributed by atoms with Crippen LogP contribution in [0.3, 0.4) is 0 Å². The maximum atomic E-state index is 12.1. The summed E-state index contributed by atoms with van der Waals surface area (Å²) in [4.78, 5) is 22.7. The number of fused-ring (bicyclic) bond motifs is 1. The van der Waals surface area contributed by atoms with Crippen LogP contribution in [-0.2, 0) is 0 Å². The molecule has 0 amide bonds. The van der Waals surface area contributed by atoms with E-state index >= 15 is 0 Å². The van der Waals surface area contributed by atoms with Gasteiger partial charge < -0.3 is 10.7 Å². The van der Waals surface area contributed by atoms with E-state index in [9.17, 15) is 4.79 Å². The molecule has 16 heavy (non-hydrogen) atoms. The van der Waals surface area contributed by atoms with E-state index in [0.29, 0.717) is 11.2 Å². The number of aromatic amines is 1. The Kier molecular flexibility index (Phi) is 2.59. The lowest BCUT2D eigenvalue weighted by molar-refractivity contribution is 0.525. The van der Waals surface area contributed by atoms with E-state index in [1.807, 2.05) is 6.92 Å². The SMILES string of the molecule is CC(Cl)C(C)n1c(N)nc2nc[nH]c2c1=O. The molecule has 2 heterocycles. The normalized spacial score (nSPS) is 15.2. The Labute approximate surface area is 96.5 Å². The third kappa shape index (κ3) is 1.55. The first kappa shape index (κ1) is 10.9. The highest BCUT2D eigenvalue weighted by atomic mass is 35.5. The molecule has 0 aromatic carbocycles. The number of halogens is 1. The van der Waals surface area contributed by atoms with Gasteiger partial charge in [0.2, 0.25) is 5.95 Å². The molecular formula is C9H12ClN5O. The number of aromatic nitrogens is 4. The fourth-order valence-electron chi connectivity index (χ4n) is 1.52. The Balaban J connectivity index is 2.73. The second-order valence-corrected chi connectivity index (χ2v) is 4.35. The van der Waals surface area contributed by atoms with Gasteiger partial charge in [-0.3, -0.25) is 9.36 Å². The van der Waals surface area contributed by atoms with Gasteiger partial charge in [0.1, 0.15) is 0 Å². The van der Waals surface area contributed by atoms with Crippen LogP contribution in [0.1, 0.15) is 19.9 Å². The van der Waals surface area contributed by atoms with E-state index in [1.54, 1.807) is 6.92 Å². The molecule has 0 saturated heterocycles. The zero-order valence-electron chi connectivity index (χ0n) is 8.94. The Hall–Kier alpha value is -1.56. The van der Waals surface area contributed by atoms with Crippen molar-refractivity contribution in [3.05, 3.63) is 16.7 Å². The first-order valence-corrected chi connectivity index (χ1v) is 5.31. The topological polar surface area (TPSA) is 89.6 Å². The van der Waals surface area contributed by atoms with Crippen molar-refractivity contribution in [2.24, 2.45) is 0 Å². The monoisotopic (exact) mass is 241 g/mol. The van der Waals surface area contributed by atoms with Crippen molar-refractivity contribution in [1.29, 1.82) is 0 Å². The van der Waals surface area contributed by atoms with Crippen molar-refractivity contribution in [3.8, 4) is 0 Å². The minimum Gasteiger partial charge on any atom is -0.369 e. The van der Waals surface area contributed by atoms with Gasteiger partial charge in [0.15, 0.2) is 11.2 Å². The second-order valence-electron chi connectivity index (χ2n) is 3.66. The Bertz CT molecular complexity index is 573. The molecule has 0 saturated carbocycles. The minimum absolute atomic E-state index is 0.129. The lowest BCUT2D eigenvalue weighted by Crippen LogP contribution is -2.30. The molecular weight excluding hydrogens is 230 g/mol. The molecule has 2 rings (SSSR count). The number of imidazole rings is 1. The minimum atomic E-state index is -0.250. The van der Waals surface area contributed by atoms with Gasteiger partial charge in [-0.1, -0.05) is 0 Å². The number of rotatable bonds is 2. The van der Waals surface area contributed by atoms with Crippen LogP contribution >= 0.6 is 11.6 Å². The average Bonchev–Trinajstić information content (AvgIpc) is 2.65. The van der Waals surface area contributed by atoms with Crippen LogP contribution in [0.4, 0.5) is 5.95 Å². The number of anilines is 1. The largest absolute Gasteiger partial charge is 0.369 e. The van der Waals surface area contributed by atoms with Crippen molar-refractivity contribution in [1.82, 2.24) is 19.5 Å². The molecule has 0 bridgehead atoms. The quantitative estimate of drug-likeness (QED) is 0.764. The van der Waals surface area contributed by atoms with Crippen molar-refractivity contribution < 1.29 is 0 Å². The van der Waals surface area contributed by atoms with E-state index in [1.165, 1.54) is 10.9 Å². The molecule has 0 aliphatic heterocycles. The summed E-state index contributed by atoms with van der Waals surface area (Å²) in [6, 6.07) is -0.227. The summed E-state index contributed by atoms with van der Waals surface area (Å²) in [5.74, 6) is 0.129. The van der Waals surface area contributed by atoms with Gasteiger partial charge in [-0.2, -0.15) is 4.98 Å². The zero-order chi connectivity index (χ0) is 11.9. The highest BCUT2D eigenvalue weighted by molar-refractivity contribution is 6.20. The number of alkyl halides is 1. The van der Waals surface area contributed by atoms with Crippen LogP contribution in [0.15, 0.2) is 11.1 Å². The molecule has 86 valence electrons. The predicted molar refractivity (Wildman–Crippen MR) is 62.6 cm³/mol. The van der Waals surface area contributed by atoms with Gasteiger partial charge in [0, 0.05) is 0 Å². The smallest absolute Gasteiger partial charge is 0.281 e. The third-order valence-corrected chi connectivity index (χ3v) is 2.96. The fourth-order valence-corrected chi connectivity index (χ4v) is 1.63. The predicted octanol–water partition coefficient (Wildman–Crippen LogP) is 0.890. The van der Waals surface area contributed by atoms with Crippen molar-refractivity contribution in [3.63, 3.8) is 0 Å². The van der Waals surface area contributed by atoms with Crippen LogP contribution in [0.5, 0.6) is 0 Å². The summed E-state index contributed by atoms with van der Waals surface area (Å²) >= 11 is 5.96. The van der Waals surface area contributed by atoms with Gasteiger partial charge in [-0.25, -0.2) is 4.98 Å². The van der Waals surface area contributed by atoms with Crippen molar-refractivity contribution in [2.75, 3.05) is 5.73 Å². The Morgan fingerprint density at radius 2 is 2.25 bits per heavy atom. The van der Waals surface area contributed by atoms with E-state index in [4.69, 9.17) is 17.3 Å². The lowest BCUT2D eigenvalue weighted by Gasteiger charge is -2.18. The molecule has 2 aromatic heterocycles. The summed E-state index contributed by atoms with van der Waals surface area (Å²) in [6.45, 7) is 3.62. The first-order chi connectivity index (χ1) is 7.52. The molecule has 7 heteroatoms. The van der Waals surface area contributed by atoms with Gasteiger partial charge >= 0.3 is 0 Å². The summed E-state index contributed by atoms with van der Waals surface area (Å²) in [6.07, 6.45) is 1.41. The fraction of sp³-hybridized carbons (Fsp3) is 0.444. The van der Waals surface area contributed by atoms with E-state index < -0.39 is 0 Å². The molecule has 0 fully saturated rings. The molecule has 3 N–H and O–H groups in total. The van der Waals surface area contributed by atoms with Gasteiger partial charge in [0.25, 0.3) is 5.56 Å². The molecule has 2 unspecified atom stereocenters. The molecule has 0 spiro atoms. The van der Waals surface area contributed by atoms with Gasteiger partial charge in [-0.15, -0.1) is 11.6 Å². The standard InChI is InChI=1S/C9H12ClN5O/c1-4(10)5(2)15-8(16)6-7(13-3-12-6)14-9(15)11/h3-5H,1-2H3,(H2,11,14)(H,12,13). The maximum Gasteiger partial charge on any atom is 0.281 e. The van der Waals surface area contributed by atoms with Gasteiger partial charge in [-0.05, 0) is 13.8 Å². The molecule has 2 aromatic rings. The lowest BCUT2D eigenvalue weighted by atomic mass is 10.2. The van der Waals surface area contributed by atoms with Crippen LogP contribution in [0, 0.1) is 0 Å². The number of nitrogens with zero attached hydrogens (tertiary/aromatic N) is 3. The van der Waals surface area contributed by atoms with Crippen molar-refractivity contribution in [2.45, 2.75) is 25.3 Å². The van der Waals surface area contributed by atoms with Crippen LogP contribution in [0.2, 0.25) is 0 Å². The average molecular weight is 242 g/mol. The van der Waals surface area contributed by atoms with Crippen molar-refractivity contribution >= 4 is 28.7 Å². The second kappa shape index (κ2) is 3.79. The number of nitrogens with one attached hydrogen (secondary N) is 1. The molecule has 0 radical (unpaired) electrons. The molecule has 0 aliphatic carbocycles. The van der Waals surface area contributed by atoms with Gasteiger partial charge in [0.05, 0.1) is 17.7 Å². The number of nitrogen functional groups attached to an aromatic ring is 1. The molecule has 0 aliphatic rings. The van der Waals surface area contributed by atoms with Crippen LogP contribution in [0.25, 0.3) is 11.2 Å². The summed E-state index contributed by atoms with van der Waals surface area (Å²) in [5, 5.41) is -0.220. The van der Waals surface area contributed by atoms with Crippen LogP contribution < -0.4 is 11.3 Å². The van der Waals surface area contributed by atoms with Crippen LogP contribution in [-0.4, -0.2) is 24.9 Å². The highest BCUT2D eigenvalue weighted by Gasteiger charge is 2.18. The summed E-state index contributed by atoms with van der Waals surface area (Å²) < 4.78 is 1.37. The first-order valence-electron chi connectivity index (χ1n) is 4.87. The zero-order valence-corrected chi connectivity index (χ0v) is 9.69. The third-order valence-electron chi connectivity index (χ3n) is 2.59. The summed E-state index contributed by atoms with van der Waals surface area (Å²) in [5.41, 5.74) is 6.15. The number of hydrogen-bond donors (Lipinski definition) is 2. The number of hydrogen-bond acceptors (Lipinski definition) is 4. The van der Waals surface area contributed by atoms with E-state index in [0.717, 1.165) is 0 Å². The van der Waals surface area contributed by atoms with E-state index in [-0.39, 0.29) is 22.9 Å². The van der Waals surface area contributed by atoms with E-state index in [2.05, 4.69) is 15.0 Å². The Morgan fingerprint density at radius 1 is 1.56 bits per heavy atom. The molecule has 2 atom stereocenters. The Morgan fingerprint density at radius 3 is 2.88 bits per heavy atom. The highest BCUT2D eigenvalue weighted by Crippen LogP contribution is 2.17. The number of H-pyrrole nitrogens is 1. The molecule has 6 nitrogen and oxygen atoms in total. The summed E-state index contributed by atoms with van der Waals surface area (Å²) in [7, 11) is 0.